The molecule has 0 aliphatic heterocycles. The van der Waals surface area contributed by atoms with Gasteiger partial charge in [0.05, 0.1) is 5.56 Å². The summed E-state index contributed by atoms with van der Waals surface area (Å²) in [4.78, 5) is 24.9. The Bertz CT molecular complexity index is 495. The number of carboxylic acids is 1. The number of carbonyl (C=O) groups excluding carboxylic acids is 1. The molecule has 0 heterocycles. The van der Waals surface area contributed by atoms with Crippen LogP contribution in [0.2, 0.25) is 0 Å². The van der Waals surface area contributed by atoms with Crippen LogP contribution in [0.5, 0.6) is 0 Å². The predicted molar refractivity (Wildman–Crippen MR) is 76.4 cm³/mol. The number of benzene rings is 1. The molecule has 108 valence electrons. The van der Waals surface area contributed by atoms with Gasteiger partial charge in [0.2, 0.25) is 5.91 Å². The first kappa shape index (κ1) is 14.6. The quantitative estimate of drug-likeness (QED) is 0.919. The minimum atomic E-state index is -0.930. The summed E-state index contributed by atoms with van der Waals surface area (Å²) in [6, 6.07) is 6.69. The van der Waals surface area contributed by atoms with Crippen LogP contribution in [0.4, 0.5) is 0 Å². The molecule has 2 unspecified atom stereocenters. The molecule has 20 heavy (non-hydrogen) atoms. The Labute approximate surface area is 119 Å². The zero-order chi connectivity index (χ0) is 14.7. The highest BCUT2D eigenvalue weighted by Gasteiger charge is 2.31. The molecule has 0 radical (unpaired) electrons. The molecule has 0 bridgehead atoms. The number of carboxylic acid groups (broad SMARTS) is 1. The van der Waals surface area contributed by atoms with E-state index in [4.69, 9.17) is 5.11 Å². The van der Waals surface area contributed by atoms with Crippen LogP contribution < -0.4 is 0 Å². The van der Waals surface area contributed by atoms with Crippen LogP contribution in [-0.2, 0) is 11.3 Å². The normalized spacial score (nSPS) is 21.7. The van der Waals surface area contributed by atoms with E-state index in [1.54, 1.807) is 29.2 Å². The van der Waals surface area contributed by atoms with Crippen molar-refractivity contribution in [2.75, 3.05) is 7.05 Å². The summed E-state index contributed by atoms with van der Waals surface area (Å²) in [5, 5.41) is 8.85. The molecule has 0 aromatic heterocycles. The van der Waals surface area contributed by atoms with Crippen molar-refractivity contribution in [1.82, 2.24) is 4.90 Å². The average molecular weight is 275 g/mol. The van der Waals surface area contributed by atoms with Gasteiger partial charge >= 0.3 is 5.97 Å². The summed E-state index contributed by atoms with van der Waals surface area (Å²) in [5.74, 6) is -0.101. The number of amides is 1. The van der Waals surface area contributed by atoms with Crippen molar-refractivity contribution in [2.45, 2.75) is 32.7 Å². The maximum absolute atomic E-state index is 12.4. The van der Waals surface area contributed by atoms with Crippen molar-refractivity contribution in [2.24, 2.45) is 11.8 Å². The molecule has 1 N–H and O–H groups in total. The summed E-state index contributed by atoms with van der Waals surface area (Å²) in [7, 11) is 1.82. The molecule has 2 rings (SSSR count). The second-order valence-corrected chi connectivity index (χ2v) is 5.71. The Morgan fingerprint density at radius 1 is 1.25 bits per heavy atom. The molecule has 2 atom stereocenters. The van der Waals surface area contributed by atoms with Gasteiger partial charge in [-0.3, -0.25) is 4.79 Å². The summed E-state index contributed by atoms with van der Waals surface area (Å²) in [5.41, 5.74) is 1.23. The largest absolute Gasteiger partial charge is 0.478 e. The summed E-state index contributed by atoms with van der Waals surface area (Å²) in [6.07, 6.45) is 3.26. The molecule has 1 aromatic rings. The zero-order valence-electron chi connectivity index (χ0n) is 12.0. The third kappa shape index (κ3) is 3.18. The number of rotatable bonds is 4. The van der Waals surface area contributed by atoms with Crippen LogP contribution in [0.25, 0.3) is 0 Å². The van der Waals surface area contributed by atoms with E-state index in [0.717, 1.165) is 24.8 Å². The van der Waals surface area contributed by atoms with Gasteiger partial charge in [0, 0.05) is 19.5 Å². The molecular weight excluding hydrogens is 254 g/mol. The van der Waals surface area contributed by atoms with Crippen molar-refractivity contribution in [1.29, 1.82) is 0 Å². The van der Waals surface area contributed by atoms with Crippen molar-refractivity contribution < 1.29 is 14.7 Å². The standard InChI is InChI=1S/C16H21NO3/c1-11-4-3-5-14(11)15(18)17(2)10-12-6-8-13(9-7-12)16(19)20/h6-9,11,14H,3-5,10H2,1-2H3,(H,19,20). The minimum absolute atomic E-state index is 0.151. The van der Waals surface area contributed by atoms with E-state index in [1.165, 1.54) is 0 Å². The first-order chi connectivity index (χ1) is 9.49. The maximum Gasteiger partial charge on any atom is 0.335 e. The summed E-state index contributed by atoms with van der Waals surface area (Å²) >= 11 is 0. The Morgan fingerprint density at radius 3 is 2.40 bits per heavy atom. The van der Waals surface area contributed by atoms with E-state index in [1.807, 2.05) is 7.05 Å². The lowest BCUT2D eigenvalue weighted by Crippen LogP contribution is -2.33. The molecule has 0 spiro atoms. The number of hydrogen-bond donors (Lipinski definition) is 1. The first-order valence-electron chi connectivity index (χ1n) is 7.06. The number of nitrogens with zero attached hydrogens (tertiary/aromatic N) is 1. The molecular formula is C16H21NO3. The van der Waals surface area contributed by atoms with Crippen LogP contribution in [0, 0.1) is 11.8 Å². The molecule has 1 aliphatic carbocycles. The van der Waals surface area contributed by atoms with Crippen molar-refractivity contribution in [3.8, 4) is 0 Å². The van der Waals surface area contributed by atoms with E-state index in [0.29, 0.717) is 12.5 Å². The van der Waals surface area contributed by atoms with Crippen molar-refractivity contribution in [3.63, 3.8) is 0 Å². The molecule has 1 aromatic carbocycles. The van der Waals surface area contributed by atoms with Gasteiger partial charge in [-0.2, -0.15) is 0 Å². The molecule has 4 nitrogen and oxygen atoms in total. The van der Waals surface area contributed by atoms with Gasteiger partial charge in [0.15, 0.2) is 0 Å². The van der Waals surface area contributed by atoms with E-state index in [-0.39, 0.29) is 17.4 Å². The maximum atomic E-state index is 12.4. The van der Waals surface area contributed by atoms with Crippen LogP contribution in [0.3, 0.4) is 0 Å². The Kier molecular flexibility index (Phi) is 4.42. The van der Waals surface area contributed by atoms with Crippen LogP contribution >= 0.6 is 0 Å². The average Bonchev–Trinajstić information content (AvgIpc) is 2.84. The Hall–Kier alpha value is -1.84. The molecule has 1 aliphatic rings. The van der Waals surface area contributed by atoms with E-state index in [2.05, 4.69) is 6.92 Å². The second-order valence-electron chi connectivity index (χ2n) is 5.71. The lowest BCUT2D eigenvalue weighted by atomic mass is 9.96. The van der Waals surface area contributed by atoms with Crippen LogP contribution in [0.15, 0.2) is 24.3 Å². The number of hydrogen-bond acceptors (Lipinski definition) is 2. The van der Waals surface area contributed by atoms with E-state index >= 15 is 0 Å². The zero-order valence-corrected chi connectivity index (χ0v) is 12.0. The Morgan fingerprint density at radius 2 is 1.90 bits per heavy atom. The van der Waals surface area contributed by atoms with Gasteiger partial charge in [-0.25, -0.2) is 4.79 Å². The smallest absolute Gasteiger partial charge is 0.335 e. The van der Waals surface area contributed by atoms with Crippen molar-refractivity contribution >= 4 is 11.9 Å². The van der Waals surface area contributed by atoms with Crippen LogP contribution in [-0.4, -0.2) is 28.9 Å². The lowest BCUT2D eigenvalue weighted by molar-refractivity contribution is -0.135. The highest BCUT2D eigenvalue weighted by Crippen LogP contribution is 2.32. The third-order valence-electron chi connectivity index (χ3n) is 4.18. The van der Waals surface area contributed by atoms with Gasteiger partial charge in [0.25, 0.3) is 0 Å². The molecule has 1 saturated carbocycles. The van der Waals surface area contributed by atoms with Gasteiger partial charge < -0.3 is 10.0 Å². The number of carbonyl (C=O) groups is 2. The fraction of sp³-hybridized carbons (Fsp3) is 0.500. The predicted octanol–water partition coefficient (Wildman–Crippen LogP) is 2.78. The van der Waals surface area contributed by atoms with Gasteiger partial charge in [0.1, 0.15) is 0 Å². The molecule has 0 saturated heterocycles. The van der Waals surface area contributed by atoms with Crippen molar-refractivity contribution in [3.05, 3.63) is 35.4 Å². The second kappa shape index (κ2) is 6.07. The third-order valence-corrected chi connectivity index (χ3v) is 4.18. The number of aromatic carboxylic acids is 1. The highest BCUT2D eigenvalue weighted by molar-refractivity contribution is 5.87. The summed E-state index contributed by atoms with van der Waals surface area (Å²) < 4.78 is 0. The van der Waals surface area contributed by atoms with Crippen LogP contribution in [0.1, 0.15) is 42.1 Å². The molecule has 1 fully saturated rings. The SMILES string of the molecule is CC1CCCC1C(=O)N(C)Cc1ccc(C(=O)O)cc1. The summed E-state index contributed by atoms with van der Waals surface area (Å²) in [6.45, 7) is 2.67. The Balaban J connectivity index is 1.98. The highest BCUT2D eigenvalue weighted by atomic mass is 16.4. The molecule has 4 heteroatoms. The van der Waals surface area contributed by atoms with Gasteiger partial charge in [-0.15, -0.1) is 0 Å². The lowest BCUT2D eigenvalue weighted by Gasteiger charge is -2.23. The first-order valence-corrected chi connectivity index (χ1v) is 7.06. The molecule has 1 amide bonds. The van der Waals surface area contributed by atoms with Gasteiger partial charge in [-0.1, -0.05) is 25.5 Å². The fourth-order valence-electron chi connectivity index (χ4n) is 2.90. The fourth-order valence-corrected chi connectivity index (χ4v) is 2.90. The minimum Gasteiger partial charge on any atom is -0.478 e. The van der Waals surface area contributed by atoms with E-state index < -0.39 is 5.97 Å². The van der Waals surface area contributed by atoms with E-state index in [9.17, 15) is 9.59 Å². The monoisotopic (exact) mass is 275 g/mol. The van der Waals surface area contributed by atoms with Gasteiger partial charge in [-0.05, 0) is 36.5 Å². The topological polar surface area (TPSA) is 57.6 Å².